The normalized spacial score (nSPS) is 16.0. The van der Waals surface area contributed by atoms with Gasteiger partial charge < -0.3 is 19.5 Å². The van der Waals surface area contributed by atoms with Crippen LogP contribution in [0.5, 0.6) is 11.6 Å². The summed E-state index contributed by atoms with van der Waals surface area (Å²) < 4.78 is 15.7. The van der Waals surface area contributed by atoms with Gasteiger partial charge in [-0.15, -0.1) is 0 Å². The number of aromatic nitrogens is 2. The van der Waals surface area contributed by atoms with Gasteiger partial charge in [0.1, 0.15) is 12.1 Å². The third-order valence-corrected chi connectivity index (χ3v) is 3.98. The molecule has 142 valence electrons. The summed E-state index contributed by atoms with van der Waals surface area (Å²) in [6, 6.07) is 5.98. The number of esters is 1. The van der Waals surface area contributed by atoms with Gasteiger partial charge in [-0.1, -0.05) is 0 Å². The highest BCUT2D eigenvalue weighted by molar-refractivity contribution is 5.89. The molecule has 1 saturated heterocycles. The molecule has 1 aliphatic heterocycles. The molecule has 2 aromatic rings. The minimum absolute atomic E-state index is 0.00481. The van der Waals surface area contributed by atoms with Gasteiger partial charge in [0.25, 0.3) is 0 Å². The first-order valence-electron chi connectivity index (χ1n) is 8.29. The lowest BCUT2D eigenvalue weighted by molar-refractivity contribution is -0.385. The molecule has 1 aromatic carbocycles. The van der Waals surface area contributed by atoms with Crippen LogP contribution in [0.15, 0.2) is 30.6 Å². The second kappa shape index (κ2) is 8.41. The number of benzene rings is 1. The molecule has 1 aromatic heterocycles. The van der Waals surface area contributed by atoms with Crippen molar-refractivity contribution in [1.29, 1.82) is 0 Å². The van der Waals surface area contributed by atoms with Gasteiger partial charge in [-0.2, -0.15) is 4.98 Å². The maximum absolute atomic E-state index is 11.5. The fraction of sp³-hybridized carbons (Fsp3) is 0.353. The van der Waals surface area contributed by atoms with Gasteiger partial charge in [-0.3, -0.25) is 10.1 Å². The van der Waals surface area contributed by atoms with E-state index in [1.54, 1.807) is 0 Å². The Morgan fingerprint density at radius 3 is 2.78 bits per heavy atom. The quantitative estimate of drug-likeness (QED) is 0.442. The van der Waals surface area contributed by atoms with Crippen LogP contribution in [0.4, 0.5) is 11.5 Å². The highest BCUT2D eigenvalue weighted by Gasteiger charge is 2.26. The monoisotopic (exact) mass is 374 g/mol. The van der Waals surface area contributed by atoms with Crippen LogP contribution in [0.25, 0.3) is 0 Å². The molecule has 2 heterocycles. The highest BCUT2D eigenvalue weighted by Crippen LogP contribution is 2.34. The summed E-state index contributed by atoms with van der Waals surface area (Å²) in [5, 5.41) is 14.5. The molecule has 0 aliphatic carbocycles. The Labute approximate surface area is 154 Å². The molecular formula is C17H18N4O6. The molecule has 0 spiro atoms. The zero-order valence-electron chi connectivity index (χ0n) is 14.6. The lowest BCUT2D eigenvalue weighted by Crippen LogP contribution is -2.19. The molecule has 0 radical (unpaired) electrons. The average molecular weight is 374 g/mol. The summed E-state index contributed by atoms with van der Waals surface area (Å²) in [6.07, 6.45) is 3.04. The van der Waals surface area contributed by atoms with E-state index in [0.29, 0.717) is 18.7 Å². The smallest absolute Gasteiger partial charge is 0.373 e. The molecule has 27 heavy (non-hydrogen) atoms. The summed E-state index contributed by atoms with van der Waals surface area (Å²) in [5.74, 6) is -0.341. The van der Waals surface area contributed by atoms with E-state index in [9.17, 15) is 14.9 Å². The molecular weight excluding hydrogens is 356 g/mol. The highest BCUT2D eigenvalue weighted by atomic mass is 16.6. The number of carbonyl (C=O) groups is 1. The van der Waals surface area contributed by atoms with Gasteiger partial charge in [0, 0.05) is 13.2 Å². The Bertz CT molecular complexity index is 821. The number of nitrogens with zero attached hydrogens (tertiary/aromatic N) is 3. The summed E-state index contributed by atoms with van der Waals surface area (Å²) in [7, 11) is 1.28. The van der Waals surface area contributed by atoms with Gasteiger partial charge in [0.2, 0.25) is 5.82 Å². The lowest BCUT2D eigenvalue weighted by atomic mass is 10.2. The number of ether oxygens (including phenoxy) is 3. The SMILES string of the molecule is COC(=O)c1ccc(Oc2ncnc(NCC3CCCO3)c2[N+](=O)[O-])cc1. The predicted octanol–water partition coefficient (Wildman–Crippen LogP) is 2.55. The maximum Gasteiger partial charge on any atom is 0.373 e. The van der Waals surface area contributed by atoms with Crippen molar-refractivity contribution in [3.05, 3.63) is 46.3 Å². The van der Waals surface area contributed by atoms with Crippen LogP contribution >= 0.6 is 0 Å². The number of methoxy groups -OCH3 is 1. The fourth-order valence-corrected chi connectivity index (χ4v) is 2.64. The van der Waals surface area contributed by atoms with Crippen molar-refractivity contribution in [2.45, 2.75) is 18.9 Å². The number of nitro groups is 1. The number of carbonyl (C=O) groups excluding carboxylic acids is 1. The van der Waals surface area contributed by atoms with Crippen molar-refractivity contribution in [1.82, 2.24) is 9.97 Å². The summed E-state index contributed by atoms with van der Waals surface area (Å²) in [4.78, 5) is 30.2. The first-order chi connectivity index (χ1) is 13.1. The first kappa shape index (κ1) is 18.5. The van der Waals surface area contributed by atoms with Gasteiger partial charge >= 0.3 is 17.5 Å². The minimum Gasteiger partial charge on any atom is -0.465 e. The molecule has 10 heteroatoms. The molecule has 1 aliphatic rings. The van der Waals surface area contributed by atoms with Crippen LogP contribution in [-0.4, -0.2) is 47.2 Å². The van der Waals surface area contributed by atoms with Crippen molar-refractivity contribution in [3.63, 3.8) is 0 Å². The van der Waals surface area contributed by atoms with E-state index in [1.165, 1.54) is 37.7 Å². The molecule has 1 N–H and O–H groups in total. The van der Waals surface area contributed by atoms with Gasteiger partial charge in [-0.25, -0.2) is 9.78 Å². The number of rotatable bonds is 7. The van der Waals surface area contributed by atoms with Crippen LogP contribution < -0.4 is 10.1 Å². The Balaban J connectivity index is 1.78. The molecule has 1 atom stereocenters. The van der Waals surface area contributed by atoms with Crippen molar-refractivity contribution in [2.24, 2.45) is 0 Å². The van der Waals surface area contributed by atoms with Crippen molar-refractivity contribution >= 4 is 17.5 Å². The van der Waals surface area contributed by atoms with Crippen LogP contribution in [0, 0.1) is 10.1 Å². The van der Waals surface area contributed by atoms with E-state index >= 15 is 0 Å². The first-order valence-corrected chi connectivity index (χ1v) is 8.29. The predicted molar refractivity (Wildman–Crippen MR) is 94.0 cm³/mol. The number of anilines is 1. The molecule has 1 unspecified atom stereocenters. The van der Waals surface area contributed by atoms with Crippen molar-refractivity contribution in [3.8, 4) is 11.6 Å². The summed E-state index contributed by atoms with van der Waals surface area (Å²) in [5.41, 5.74) is -0.0338. The standard InChI is InChI=1S/C17H18N4O6/c1-25-17(22)11-4-6-12(7-5-11)27-16-14(21(23)24)15(19-10-20-16)18-9-13-3-2-8-26-13/h4-7,10,13H,2-3,8-9H2,1H3,(H,18,19,20). The van der Waals surface area contributed by atoms with Gasteiger partial charge in [-0.05, 0) is 37.1 Å². The van der Waals surface area contributed by atoms with E-state index in [4.69, 9.17) is 9.47 Å². The number of hydrogen-bond acceptors (Lipinski definition) is 9. The summed E-state index contributed by atoms with van der Waals surface area (Å²) >= 11 is 0. The molecule has 0 amide bonds. The van der Waals surface area contributed by atoms with Crippen LogP contribution in [0.3, 0.4) is 0 Å². The van der Waals surface area contributed by atoms with Crippen LogP contribution in [0.1, 0.15) is 23.2 Å². The molecule has 0 saturated carbocycles. The van der Waals surface area contributed by atoms with Crippen LogP contribution in [0.2, 0.25) is 0 Å². The number of nitrogens with one attached hydrogen (secondary N) is 1. The van der Waals surface area contributed by atoms with E-state index in [2.05, 4.69) is 20.0 Å². The summed E-state index contributed by atoms with van der Waals surface area (Å²) in [6.45, 7) is 1.10. The maximum atomic E-state index is 11.5. The largest absolute Gasteiger partial charge is 0.465 e. The molecule has 10 nitrogen and oxygen atoms in total. The van der Waals surface area contributed by atoms with E-state index in [1.807, 2.05) is 0 Å². The third kappa shape index (κ3) is 4.47. The second-order valence-corrected chi connectivity index (χ2v) is 5.77. The van der Waals surface area contributed by atoms with E-state index in [-0.39, 0.29) is 29.2 Å². The lowest BCUT2D eigenvalue weighted by Gasteiger charge is -2.12. The van der Waals surface area contributed by atoms with Crippen LogP contribution in [-0.2, 0) is 9.47 Å². The van der Waals surface area contributed by atoms with Gasteiger partial charge in [0.15, 0.2) is 0 Å². The van der Waals surface area contributed by atoms with E-state index in [0.717, 1.165) is 12.8 Å². The zero-order valence-corrected chi connectivity index (χ0v) is 14.6. The number of hydrogen-bond donors (Lipinski definition) is 1. The Kier molecular flexibility index (Phi) is 5.77. The Hall–Kier alpha value is -3.27. The average Bonchev–Trinajstić information content (AvgIpc) is 3.20. The zero-order chi connectivity index (χ0) is 19.2. The van der Waals surface area contributed by atoms with Gasteiger partial charge in [0.05, 0.1) is 23.7 Å². The van der Waals surface area contributed by atoms with E-state index < -0.39 is 10.9 Å². The third-order valence-electron chi connectivity index (χ3n) is 3.98. The molecule has 3 rings (SSSR count). The second-order valence-electron chi connectivity index (χ2n) is 5.77. The minimum atomic E-state index is -0.601. The van der Waals surface area contributed by atoms with Crippen molar-refractivity contribution in [2.75, 3.05) is 25.6 Å². The Morgan fingerprint density at radius 2 is 2.15 bits per heavy atom. The topological polar surface area (TPSA) is 126 Å². The molecule has 0 bridgehead atoms. The van der Waals surface area contributed by atoms with Crippen molar-refractivity contribution < 1.29 is 23.9 Å². The Morgan fingerprint density at radius 1 is 1.37 bits per heavy atom. The fourth-order valence-electron chi connectivity index (χ4n) is 2.64. The molecule has 1 fully saturated rings.